The number of piperidine rings is 3. The van der Waals surface area contributed by atoms with Gasteiger partial charge in [-0.3, -0.25) is 24.7 Å². The number of amides is 3. The molecule has 1 aromatic carbocycles. The molecule has 1 saturated carbocycles. The molecule has 0 spiro atoms. The molecule has 4 aliphatic heterocycles. The monoisotopic (exact) mass is 972 g/mol. The van der Waals surface area contributed by atoms with Gasteiger partial charge in [-0.05, 0) is 89.6 Å². The van der Waals surface area contributed by atoms with E-state index in [1.54, 1.807) is 26.9 Å². The number of nitrogens with zero attached hydrogens (tertiary/aromatic N) is 11. The highest BCUT2D eigenvalue weighted by Gasteiger charge is 2.61. The molecular weight excluding hydrogens is 917 g/mol. The molecule has 4 saturated heterocycles. The summed E-state index contributed by atoms with van der Waals surface area (Å²) in [7, 11) is 0. The Morgan fingerprint density at radius 3 is 2.26 bits per heavy atom. The van der Waals surface area contributed by atoms with Gasteiger partial charge in [-0.25, -0.2) is 47.0 Å². The van der Waals surface area contributed by atoms with Crippen molar-refractivity contribution in [2.24, 2.45) is 0 Å². The predicted octanol–water partition coefficient (Wildman–Crippen LogP) is 5.50. The molecule has 23 heteroatoms. The van der Waals surface area contributed by atoms with Crippen LogP contribution in [0.25, 0.3) is 33.8 Å². The van der Waals surface area contributed by atoms with E-state index in [2.05, 4.69) is 45.5 Å². The van der Waals surface area contributed by atoms with Crippen molar-refractivity contribution in [1.29, 1.82) is 0 Å². The van der Waals surface area contributed by atoms with E-state index in [0.717, 1.165) is 31.5 Å². The summed E-state index contributed by atoms with van der Waals surface area (Å²) in [5.74, 6) is -6.08. The number of anilines is 3. The summed E-state index contributed by atoms with van der Waals surface area (Å²) in [4.78, 5) is 62.7. The Morgan fingerprint density at radius 1 is 0.929 bits per heavy atom. The molecule has 4 aromatic heterocycles. The average Bonchev–Trinajstić information content (AvgIpc) is 3.60. The second kappa shape index (κ2) is 18.7. The first-order valence-corrected chi connectivity index (χ1v) is 23.9. The quantitative estimate of drug-likeness (QED) is 0.110. The normalized spacial score (nSPS) is 21.9. The molecule has 8 heterocycles. The van der Waals surface area contributed by atoms with Crippen LogP contribution in [0.2, 0.25) is 0 Å². The smallest absolute Gasteiger partial charge is 0.409 e. The maximum absolute atomic E-state index is 15.3. The summed E-state index contributed by atoms with van der Waals surface area (Å²) in [6.07, 6.45) is 7.56. The first-order chi connectivity index (χ1) is 33.5. The number of alkyl halides is 2. The lowest BCUT2D eigenvalue weighted by Gasteiger charge is -2.43. The van der Waals surface area contributed by atoms with Gasteiger partial charge in [0.25, 0.3) is 5.92 Å². The van der Waals surface area contributed by atoms with Crippen molar-refractivity contribution in [1.82, 2.24) is 54.9 Å². The summed E-state index contributed by atoms with van der Waals surface area (Å²) >= 11 is 0. The topological polar surface area (TPSA) is 219 Å². The van der Waals surface area contributed by atoms with E-state index in [4.69, 9.17) is 20.1 Å². The highest BCUT2D eigenvalue weighted by molar-refractivity contribution is 6.02. The fourth-order valence-electron chi connectivity index (χ4n) is 10.3. The fraction of sp³-hybridized carbons (Fsp3) is 0.553. The zero-order valence-corrected chi connectivity index (χ0v) is 39.3. The van der Waals surface area contributed by atoms with E-state index in [1.165, 1.54) is 18.5 Å². The van der Waals surface area contributed by atoms with Gasteiger partial charge in [-0.15, -0.1) is 0 Å². The Kier molecular flexibility index (Phi) is 12.6. The minimum absolute atomic E-state index is 0.0205. The number of nitrogens with one attached hydrogen (secondary N) is 2. The van der Waals surface area contributed by atoms with Crippen LogP contribution in [0, 0.1) is 11.6 Å². The van der Waals surface area contributed by atoms with E-state index >= 15 is 8.78 Å². The van der Waals surface area contributed by atoms with Crippen LogP contribution in [0.1, 0.15) is 88.9 Å². The summed E-state index contributed by atoms with van der Waals surface area (Å²) in [5.41, 5.74) is 7.87. The van der Waals surface area contributed by atoms with Crippen molar-refractivity contribution in [3.8, 4) is 22.8 Å². The molecule has 0 radical (unpaired) electrons. The molecule has 372 valence electrons. The van der Waals surface area contributed by atoms with Gasteiger partial charge in [0.05, 0.1) is 22.4 Å². The van der Waals surface area contributed by atoms with Gasteiger partial charge in [-0.1, -0.05) is 5.16 Å². The molecule has 3 amide bonds. The van der Waals surface area contributed by atoms with Crippen molar-refractivity contribution < 1.29 is 41.2 Å². The van der Waals surface area contributed by atoms with Crippen molar-refractivity contribution >= 4 is 46.1 Å². The molecule has 70 heavy (non-hydrogen) atoms. The Morgan fingerprint density at radius 2 is 1.61 bits per heavy atom. The van der Waals surface area contributed by atoms with Crippen LogP contribution in [0.15, 0.2) is 35.4 Å². The number of likely N-dealkylation sites (tertiary alicyclic amines) is 2. The highest BCUT2D eigenvalue weighted by atomic mass is 19.3. The molecule has 0 bridgehead atoms. The van der Waals surface area contributed by atoms with E-state index in [-0.39, 0.29) is 89.5 Å². The van der Waals surface area contributed by atoms with Crippen molar-refractivity contribution in [3.05, 3.63) is 53.8 Å². The number of piperazine rings is 1. The molecule has 4 N–H and O–H groups in total. The second-order valence-corrected chi connectivity index (χ2v) is 19.9. The Hall–Kier alpha value is -6.49. The van der Waals surface area contributed by atoms with Crippen LogP contribution in [0.3, 0.4) is 0 Å². The van der Waals surface area contributed by atoms with Gasteiger partial charge in [0, 0.05) is 82.8 Å². The molecule has 2 unspecified atom stereocenters. The summed E-state index contributed by atoms with van der Waals surface area (Å²) < 4.78 is 72.7. The SMILES string of the molecule is CC(C)(C)n1nc(-c2noc(C3CC3(F)F)c2-c2ncc(C3CCN(C(=O)OCCN4CCC(N5CCN(c6c(F)cc(NC7CCC(=O)NC7=O)cc6F)CC5)CC4)CC3)cn2)c2c(N)ncnc21. The fourth-order valence-corrected chi connectivity index (χ4v) is 10.3. The number of rotatable bonds is 11. The summed E-state index contributed by atoms with van der Waals surface area (Å²) in [5, 5.41) is 14.6. The third kappa shape index (κ3) is 9.43. The predicted molar refractivity (Wildman–Crippen MR) is 248 cm³/mol. The van der Waals surface area contributed by atoms with Gasteiger partial charge < -0.3 is 30.1 Å². The van der Waals surface area contributed by atoms with Crippen molar-refractivity contribution in [2.75, 3.05) is 81.5 Å². The van der Waals surface area contributed by atoms with E-state index < -0.39 is 41.0 Å². The van der Waals surface area contributed by atoms with Gasteiger partial charge >= 0.3 is 6.09 Å². The van der Waals surface area contributed by atoms with Crippen LogP contribution in [-0.2, 0) is 19.9 Å². The Labute approximate surface area is 400 Å². The zero-order chi connectivity index (χ0) is 49.1. The lowest BCUT2D eigenvalue weighted by atomic mass is 9.91. The van der Waals surface area contributed by atoms with E-state index in [1.807, 2.05) is 20.8 Å². The number of nitrogen functional groups attached to an aromatic ring is 1. The molecular formula is C47H56F4N14O5. The molecule has 5 fully saturated rings. The number of hydrogen-bond acceptors (Lipinski definition) is 16. The number of carbonyl (C=O) groups is 3. The van der Waals surface area contributed by atoms with Gasteiger partial charge in [0.1, 0.15) is 41.9 Å². The molecule has 2 atom stereocenters. The number of carbonyl (C=O) groups excluding carboxylic acids is 3. The number of halogens is 4. The van der Waals surface area contributed by atoms with E-state index in [0.29, 0.717) is 75.7 Å². The average molecular weight is 973 g/mol. The van der Waals surface area contributed by atoms with Gasteiger partial charge in [0.2, 0.25) is 11.8 Å². The van der Waals surface area contributed by atoms with Crippen LogP contribution in [0.5, 0.6) is 0 Å². The molecule has 1 aliphatic carbocycles. The minimum atomic E-state index is -2.96. The Bertz CT molecular complexity index is 2750. The third-order valence-electron chi connectivity index (χ3n) is 14.3. The van der Waals surface area contributed by atoms with Crippen LogP contribution >= 0.6 is 0 Å². The van der Waals surface area contributed by atoms with E-state index in [9.17, 15) is 23.2 Å². The highest BCUT2D eigenvalue weighted by Crippen LogP contribution is 2.58. The first kappa shape index (κ1) is 47.2. The van der Waals surface area contributed by atoms with Crippen LogP contribution < -0.4 is 21.3 Å². The first-order valence-electron chi connectivity index (χ1n) is 23.9. The number of nitrogens with two attached hydrogens (primary N) is 1. The standard InChI is InChI=1S/C47H56F4N14O5/c1-46(2,3)65-43-36(41(52)55-25-56-43)37(59-65)38-35(40(70-60-38)30-22-47(30,50)51)42-53-23-27(24-54-42)26-6-12-64(13-7-26)45(68)69-19-18-61-10-8-29(9-11-61)62-14-16-63(17-15-62)39-31(48)20-28(21-32(39)49)57-33-4-5-34(66)58-44(33)67/h20-21,23-26,29-30,33,57H,4-19,22H2,1-3H3,(H2,52,55,56)(H,58,66,67). The summed E-state index contributed by atoms with van der Waals surface area (Å²) in [6, 6.07) is 1.99. The number of aromatic nitrogens is 7. The molecule has 5 aromatic rings. The van der Waals surface area contributed by atoms with Gasteiger partial charge in [0.15, 0.2) is 28.9 Å². The van der Waals surface area contributed by atoms with Crippen molar-refractivity contribution in [2.45, 2.75) is 101 Å². The number of hydrogen-bond donors (Lipinski definition) is 3. The number of imide groups is 1. The molecule has 5 aliphatic rings. The number of benzene rings is 1. The van der Waals surface area contributed by atoms with Crippen LogP contribution in [-0.4, -0.2) is 151 Å². The maximum atomic E-state index is 15.3. The third-order valence-corrected chi connectivity index (χ3v) is 14.3. The number of ether oxygens (including phenoxy) is 1. The zero-order valence-electron chi connectivity index (χ0n) is 39.3. The maximum Gasteiger partial charge on any atom is 0.409 e. The minimum Gasteiger partial charge on any atom is -0.448 e. The van der Waals surface area contributed by atoms with Crippen LogP contribution in [0.4, 0.5) is 39.5 Å². The molecule has 10 rings (SSSR count). The lowest BCUT2D eigenvalue weighted by molar-refractivity contribution is -0.133. The second-order valence-electron chi connectivity index (χ2n) is 19.9. The largest absolute Gasteiger partial charge is 0.448 e. The summed E-state index contributed by atoms with van der Waals surface area (Å²) in [6.45, 7) is 11.7. The Balaban J connectivity index is 0.681. The lowest BCUT2D eigenvalue weighted by Crippen LogP contribution is -2.53. The van der Waals surface area contributed by atoms with Gasteiger partial charge in [-0.2, -0.15) is 5.10 Å². The molecule has 19 nitrogen and oxygen atoms in total. The number of fused-ring (bicyclic) bond motifs is 1. The van der Waals surface area contributed by atoms with Crippen molar-refractivity contribution in [3.63, 3.8) is 0 Å².